The van der Waals surface area contributed by atoms with Crippen LogP contribution in [0.25, 0.3) is 0 Å². The number of hydrogen-bond donors (Lipinski definition) is 1. The van der Waals surface area contributed by atoms with Crippen LogP contribution in [0.2, 0.25) is 0 Å². The van der Waals surface area contributed by atoms with Gasteiger partial charge < -0.3 is 5.32 Å². The molecule has 0 bridgehead atoms. The van der Waals surface area contributed by atoms with Crippen molar-refractivity contribution >= 4 is 11.3 Å². The Bertz CT molecular complexity index is 371. The Labute approximate surface area is 121 Å². The molecule has 106 valence electrons. The molecular formula is C16H26N2S. The van der Waals surface area contributed by atoms with Crippen LogP contribution >= 0.6 is 11.3 Å². The third-order valence-corrected chi connectivity index (χ3v) is 6.19. The van der Waals surface area contributed by atoms with Crippen LogP contribution in [0.15, 0.2) is 11.6 Å². The van der Waals surface area contributed by atoms with Crippen molar-refractivity contribution in [2.75, 3.05) is 0 Å². The summed E-state index contributed by atoms with van der Waals surface area (Å²) in [6.07, 6.45) is 14.7. The first-order valence-electron chi connectivity index (χ1n) is 7.97. The molecular weight excluding hydrogens is 252 g/mol. The highest BCUT2D eigenvalue weighted by molar-refractivity contribution is 7.09. The van der Waals surface area contributed by atoms with Gasteiger partial charge in [-0.25, -0.2) is 4.98 Å². The van der Waals surface area contributed by atoms with Gasteiger partial charge in [0.1, 0.15) is 5.01 Å². The van der Waals surface area contributed by atoms with Gasteiger partial charge >= 0.3 is 0 Å². The minimum atomic E-state index is 0.475. The van der Waals surface area contributed by atoms with E-state index in [-0.39, 0.29) is 0 Å². The van der Waals surface area contributed by atoms with E-state index in [2.05, 4.69) is 22.6 Å². The molecule has 3 heteroatoms. The van der Waals surface area contributed by atoms with E-state index in [9.17, 15) is 0 Å². The van der Waals surface area contributed by atoms with Gasteiger partial charge in [-0.15, -0.1) is 11.3 Å². The minimum absolute atomic E-state index is 0.475. The number of thiazole rings is 1. The van der Waals surface area contributed by atoms with Crippen molar-refractivity contribution in [1.82, 2.24) is 10.3 Å². The SMILES string of the molecule is CCC(NC1CCC2(CCCC2)CC1)c1nccs1. The molecule has 1 spiro atoms. The maximum Gasteiger partial charge on any atom is 0.109 e. The third kappa shape index (κ3) is 3.03. The molecule has 19 heavy (non-hydrogen) atoms. The summed E-state index contributed by atoms with van der Waals surface area (Å²) in [5.41, 5.74) is 0.751. The predicted octanol–water partition coefficient (Wildman–Crippen LogP) is 4.69. The molecule has 1 aromatic heterocycles. The number of nitrogens with zero attached hydrogens (tertiary/aromatic N) is 1. The number of aromatic nitrogens is 1. The Morgan fingerprint density at radius 3 is 2.63 bits per heavy atom. The smallest absolute Gasteiger partial charge is 0.109 e. The summed E-state index contributed by atoms with van der Waals surface area (Å²) < 4.78 is 0. The lowest BCUT2D eigenvalue weighted by atomic mass is 9.71. The normalized spacial score (nSPS) is 24.9. The van der Waals surface area contributed by atoms with E-state index in [1.807, 2.05) is 6.20 Å². The second-order valence-corrected chi connectivity index (χ2v) is 7.41. The molecule has 3 rings (SSSR count). The van der Waals surface area contributed by atoms with Crippen LogP contribution in [-0.4, -0.2) is 11.0 Å². The van der Waals surface area contributed by atoms with E-state index in [0.29, 0.717) is 6.04 Å². The van der Waals surface area contributed by atoms with Crippen LogP contribution in [0.5, 0.6) is 0 Å². The van der Waals surface area contributed by atoms with E-state index in [0.717, 1.165) is 17.9 Å². The number of hydrogen-bond acceptors (Lipinski definition) is 3. The van der Waals surface area contributed by atoms with Gasteiger partial charge in [0, 0.05) is 17.6 Å². The fraction of sp³-hybridized carbons (Fsp3) is 0.812. The average molecular weight is 278 g/mol. The highest BCUT2D eigenvalue weighted by Crippen LogP contribution is 2.49. The highest BCUT2D eigenvalue weighted by atomic mass is 32.1. The maximum atomic E-state index is 4.48. The molecule has 2 fully saturated rings. The molecule has 0 amide bonds. The van der Waals surface area contributed by atoms with Gasteiger partial charge in [-0.1, -0.05) is 19.8 Å². The van der Waals surface area contributed by atoms with Crippen LogP contribution in [0.1, 0.15) is 75.8 Å². The Morgan fingerprint density at radius 1 is 1.32 bits per heavy atom. The second kappa shape index (κ2) is 5.92. The van der Waals surface area contributed by atoms with E-state index in [1.54, 1.807) is 11.3 Å². The van der Waals surface area contributed by atoms with Gasteiger partial charge in [0.15, 0.2) is 0 Å². The van der Waals surface area contributed by atoms with Crippen molar-refractivity contribution < 1.29 is 0 Å². The second-order valence-electron chi connectivity index (χ2n) is 6.48. The first kappa shape index (κ1) is 13.6. The lowest BCUT2D eigenvalue weighted by molar-refractivity contribution is 0.162. The van der Waals surface area contributed by atoms with E-state index in [1.165, 1.54) is 56.4 Å². The fourth-order valence-electron chi connectivity index (χ4n) is 4.08. The maximum absolute atomic E-state index is 4.48. The Kier molecular flexibility index (Phi) is 4.23. The van der Waals surface area contributed by atoms with E-state index in [4.69, 9.17) is 0 Å². The molecule has 1 aromatic rings. The molecule has 1 unspecified atom stereocenters. The molecule has 1 atom stereocenters. The molecule has 0 saturated heterocycles. The summed E-state index contributed by atoms with van der Waals surface area (Å²) >= 11 is 1.79. The van der Waals surface area contributed by atoms with Crippen molar-refractivity contribution in [3.63, 3.8) is 0 Å². The first-order chi connectivity index (χ1) is 9.31. The van der Waals surface area contributed by atoms with Gasteiger partial charge in [0.25, 0.3) is 0 Å². The zero-order valence-electron chi connectivity index (χ0n) is 12.0. The monoisotopic (exact) mass is 278 g/mol. The van der Waals surface area contributed by atoms with Crippen LogP contribution in [0, 0.1) is 5.41 Å². The number of nitrogens with one attached hydrogen (secondary N) is 1. The highest BCUT2D eigenvalue weighted by Gasteiger charge is 2.37. The molecule has 2 nitrogen and oxygen atoms in total. The lowest BCUT2D eigenvalue weighted by Crippen LogP contribution is -2.38. The average Bonchev–Trinajstić information content (AvgIpc) is 3.10. The molecule has 1 heterocycles. The van der Waals surface area contributed by atoms with Crippen LogP contribution < -0.4 is 5.32 Å². The van der Waals surface area contributed by atoms with Crippen molar-refractivity contribution in [2.24, 2.45) is 5.41 Å². The molecule has 2 aliphatic rings. The van der Waals surface area contributed by atoms with E-state index < -0.39 is 0 Å². The summed E-state index contributed by atoms with van der Waals surface area (Å²) in [5, 5.41) is 7.22. The van der Waals surface area contributed by atoms with E-state index >= 15 is 0 Å². The Morgan fingerprint density at radius 2 is 2.05 bits per heavy atom. The summed E-state index contributed by atoms with van der Waals surface area (Å²) in [6.45, 7) is 2.26. The summed E-state index contributed by atoms with van der Waals surface area (Å²) in [4.78, 5) is 4.48. The minimum Gasteiger partial charge on any atom is -0.305 e. The Balaban J connectivity index is 1.54. The van der Waals surface area contributed by atoms with Crippen LogP contribution in [-0.2, 0) is 0 Å². The standard InChI is InChI=1S/C16H26N2S/c1-2-14(15-17-11-12-19-15)18-13-5-9-16(10-6-13)7-3-4-8-16/h11-14,18H,2-10H2,1H3. The molecule has 0 aliphatic heterocycles. The lowest BCUT2D eigenvalue weighted by Gasteiger charge is -2.38. The zero-order chi connectivity index (χ0) is 13.1. The predicted molar refractivity (Wildman–Crippen MR) is 81.4 cm³/mol. The summed E-state index contributed by atoms with van der Waals surface area (Å²) in [7, 11) is 0. The van der Waals surface area contributed by atoms with Gasteiger partial charge in [-0.3, -0.25) is 0 Å². The molecule has 2 saturated carbocycles. The van der Waals surface area contributed by atoms with Gasteiger partial charge in [-0.2, -0.15) is 0 Å². The fourth-order valence-corrected chi connectivity index (χ4v) is 4.86. The van der Waals surface area contributed by atoms with Gasteiger partial charge in [0.05, 0.1) is 6.04 Å². The quantitative estimate of drug-likeness (QED) is 0.864. The van der Waals surface area contributed by atoms with Crippen LogP contribution in [0.3, 0.4) is 0 Å². The van der Waals surface area contributed by atoms with Crippen molar-refractivity contribution in [2.45, 2.75) is 76.8 Å². The molecule has 0 radical (unpaired) electrons. The first-order valence-corrected chi connectivity index (χ1v) is 8.85. The summed E-state index contributed by atoms with van der Waals surface area (Å²) in [5.74, 6) is 0. The molecule has 0 aromatic carbocycles. The number of rotatable bonds is 4. The van der Waals surface area contributed by atoms with Crippen molar-refractivity contribution in [1.29, 1.82) is 0 Å². The Hall–Kier alpha value is -0.410. The summed E-state index contributed by atoms with van der Waals surface area (Å²) in [6, 6.07) is 1.20. The van der Waals surface area contributed by atoms with Crippen molar-refractivity contribution in [3.05, 3.63) is 16.6 Å². The largest absolute Gasteiger partial charge is 0.305 e. The molecule has 2 aliphatic carbocycles. The van der Waals surface area contributed by atoms with Crippen molar-refractivity contribution in [3.8, 4) is 0 Å². The van der Waals surface area contributed by atoms with Crippen LogP contribution in [0.4, 0.5) is 0 Å². The molecule has 1 N–H and O–H groups in total. The topological polar surface area (TPSA) is 24.9 Å². The van der Waals surface area contributed by atoms with Gasteiger partial charge in [-0.05, 0) is 50.4 Å². The zero-order valence-corrected chi connectivity index (χ0v) is 12.8. The third-order valence-electron chi connectivity index (χ3n) is 5.31. The van der Waals surface area contributed by atoms with Gasteiger partial charge in [0.2, 0.25) is 0 Å².